The molecule has 0 bridgehead atoms. The van der Waals surface area contributed by atoms with Crippen LogP contribution in [0.3, 0.4) is 0 Å². The molecule has 1 N–H and O–H groups in total. The van der Waals surface area contributed by atoms with E-state index in [-0.39, 0.29) is 13.2 Å². The number of aromatic nitrogens is 1. The Kier molecular flexibility index (Phi) is 4.97. The maximum atomic E-state index is 13.5. The van der Waals surface area contributed by atoms with Gasteiger partial charge in [0, 0.05) is 62.2 Å². The minimum Gasteiger partial charge on any atom is -0.360 e. The van der Waals surface area contributed by atoms with Gasteiger partial charge in [0.15, 0.2) is 0 Å². The quantitative estimate of drug-likeness (QED) is 0.521. The van der Waals surface area contributed by atoms with E-state index in [0.717, 1.165) is 64.9 Å². The van der Waals surface area contributed by atoms with Crippen LogP contribution in [0.5, 0.6) is 0 Å². The fourth-order valence-corrected chi connectivity index (χ4v) is 4.49. The molecule has 1 fully saturated rings. The molecule has 2 aromatic carbocycles. The van der Waals surface area contributed by atoms with Crippen LogP contribution in [0.4, 0.5) is 10.1 Å². The van der Waals surface area contributed by atoms with Crippen LogP contribution in [-0.4, -0.2) is 34.6 Å². The number of nitrogens with one attached hydrogen (secondary N) is 1. The molecule has 0 atom stereocenters. The normalized spacial score (nSPS) is 17.2. The van der Waals surface area contributed by atoms with E-state index in [2.05, 4.69) is 42.6 Å². The number of piperidine rings is 1. The fraction of sp³-hybridized carbons (Fsp3) is 0.269. The molecule has 0 unspecified atom stereocenters. The molecule has 1 aliphatic carbocycles. The number of H-pyrrole nitrogens is 1. The second-order valence-electron chi connectivity index (χ2n) is 8.46. The fourth-order valence-electron chi connectivity index (χ4n) is 4.49. The molecule has 4 nitrogen and oxygen atoms in total. The monoisotopic (exact) mass is 416 g/mol. The van der Waals surface area contributed by atoms with Crippen molar-refractivity contribution in [3.63, 3.8) is 0 Å². The van der Waals surface area contributed by atoms with Crippen molar-refractivity contribution in [2.75, 3.05) is 13.1 Å². The van der Waals surface area contributed by atoms with Crippen LogP contribution in [0.25, 0.3) is 22.0 Å². The van der Waals surface area contributed by atoms with Crippen LogP contribution in [-0.2, 0) is 4.79 Å². The molecule has 0 spiro atoms. The molecule has 1 radical (unpaired) electrons. The highest BCUT2D eigenvalue weighted by Gasteiger charge is 2.29. The molecular weight excluding hydrogens is 389 g/mol. The first-order valence-electron chi connectivity index (χ1n) is 10.8. The highest BCUT2D eigenvalue weighted by Crippen LogP contribution is 2.35. The Bertz CT molecular complexity index is 1240. The van der Waals surface area contributed by atoms with Crippen LogP contribution in [0.1, 0.15) is 26.8 Å². The summed E-state index contributed by atoms with van der Waals surface area (Å²) in [6.07, 6.45) is 8.06. The predicted octanol–water partition coefficient (Wildman–Crippen LogP) is 6.00. The number of halogens is 1. The van der Waals surface area contributed by atoms with Gasteiger partial charge in [-0.3, -0.25) is 9.79 Å². The lowest BCUT2D eigenvalue weighted by molar-refractivity contribution is -0.129. The van der Waals surface area contributed by atoms with Crippen molar-refractivity contribution in [3.8, 4) is 11.1 Å². The lowest BCUT2D eigenvalue weighted by atomic mass is 9.90. The minimum absolute atomic E-state index is 0. The Hall–Kier alpha value is -3.21. The first-order chi connectivity index (χ1) is 15.0. The van der Waals surface area contributed by atoms with E-state index < -0.39 is 0 Å². The zero-order valence-electron chi connectivity index (χ0n) is 17.8. The third-order valence-electron chi connectivity index (χ3n) is 6.35. The lowest BCUT2D eigenvalue weighted by Gasteiger charge is -2.31. The Morgan fingerprint density at radius 1 is 1.19 bits per heavy atom. The number of allylic oxidation sites excluding steroid dienone is 2. The van der Waals surface area contributed by atoms with Crippen LogP contribution in [0.15, 0.2) is 59.2 Å². The van der Waals surface area contributed by atoms with E-state index in [1.807, 2.05) is 17.2 Å². The number of likely N-dealkylation sites (tertiary alicyclic amines) is 1. The summed E-state index contributed by atoms with van der Waals surface area (Å²) in [6, 6.07) is 11.1. The molecule has 1 amide bonds. The number of rotatable bonds is 4. The molecule has 5 heteroatoms. The number of nitrogens with zero attached hydrogens (tertiary/aromatic N) is 2. The molecule has 5 rings (SSSR count). The third kappa shape index (κ3) is 3.92. The van der Waals surface area contributed by atoms with Gasteiger partial charge in [-0.25, -0.2) is 4.39 Å². The first-order valence-corrected chi connectivity index (χ1v) is 10.8. The number of carbonyl (C=O) groups is 1. The van der Waals surface area contributed by atoms with Crippen LogP contribution >= 0.6 is 0 Å². The van der Waals surface area contributed by atoms with Gasteiger partial charge in [0.05, 0.1) is 5.69 Å². The minimum atomic E-state index is -0.241. The Balaban J connectivity index is 0.00000245. The maximum Gasteiger partial charge on any atom is 0.219 e. The zero-order valence-corrected chi connectivity index (χ0v) is 17.8. The topological polar surface area (TPSA) is 48.5 Å². The molecule has 1 aromatic heterocycles. The number of carbonyl (C=O) groups excluding carboxylic acids is 1. The summed E-state index contributed by atoms with van der Waals surface area (Å²) in [5.74, 6) is 0.290. The molecule has 0 saturated carbocycles. The van der Waals surface area contributed by atoms with Gasteiger partial charge >= 0.3 is 0 Å². The molecule has 1 aliphatic heterocycles. The average molecular weight is 417 g/mol. The van der Waals surface area contributed by atoms with E-state index in [1.165, 1.54) is 17.7 Å². The number of hydrogen-bond donors (Lipinski definition) is 1. The lowest BCUT2D eigenvalue weighted by Crippen LogP contribution is -2.39. The highest BCUT2D eigenvalue weighted by molar-refractivity contribution is 6.09. The van der Waals surface area contributed by atoms with Gasteiger partial charge < -0.3 is 9.88 Å². The summed E-state index contributed by atoms with van der Waals surface area (Å²) in [7, 11) is 0. The van der Waals surface area contributed by atoms with Gasteiger partial charge in [-0.1, -0.05) is 12.1 Å². The van der Waals surface area contributed by atoms with Crippen molar-refractivity contribution >= 4 is 28.2 Å². The Labute approximate surface area is 183 Å². The molecule has 2 aliphatic rings. The molecule has 1 saturated heterocycles. The number of amides is 1. The van der Waals surface area contributed by atoms with Crippen molar-refractivity contribution in [1.29, 1.82) is 0 Å². The number of aryl methyl sites for hydroxylation is 1. The van der Waals surface area contributed by atoms with Crippen molar-refractivity contribution in [3.05, 3.63) is 72.0 Å². The summed E-state index contributed by atoms with van der Waals surface area (Å²) < 4.78 is 13.5. The van der Waals surface area contributed by atoms with E-state index in [4.69, 9.17) is 4.99 Å². The predicted molar refractivity (Wildman–Crippen MR) is 125 cm³/mol. The van der Waals surface area contributed by atoms with Gasteiger partial charge in [0.1, 0.15) is 5.82 Å². The van der Waals surface area contributed by atoms with E-state index in [9.17, 15) is 9.18 Å². The smallest absolute Gasteiger partial charge is 0.219 e. The summed E-state index contributed by atoms with van der Waals surface area (Å²) in [5.41, 5.74) is 7.38. The number of aliphatic imine (C=N–C) groups is 1. The standard InChI is InChI=1S/C26H25FN3O.H2/c1-16-13-20(23-15-28-25-14-21(27)6-7-22(23)25)5-8-24(16)29-26(18-3-4-18)19-9-11-30(12-10-19)17(2)31;/h3-8,13-15,19,28H,9-12H2,1-2H3;1H. The molecule has 3 aromatic rings. The van der Waals surface area contributed by atoms with Crippen LogP contribution in [0, 0.1) is 25.1 Å². The van der Waals surface area contributed by atoms with Gasteiger partial charge in [-0.05, 0) is 66.8 Å². The van der Waals surface area contributed by atoms with Gasteiger partial charge in [-0.15, -0.1) is 0 Å². The SMILES string of the molecule is CC(=O)N1CCC(C(=Nc2ccc(-c3c[nH]c4cc(F)ccc34)cc2C)C2=C[CH]2)CC1.[HH]. The van der Waals surface area contributed by atoms with Gasteiger partial charge in [0.2, 0.25) is 5.91 Å². The van der Waals surface area contributed by atoms with E-state index >= 15 is 0 Å². The molecular formula is C26H27FN3O. The van der Waals surface area contributed by atoms with Crippen LogP contribution < -0.4 is 0 Å². The second-order valence-corrected chi connectivity index (χ2v) is 8.46. The zero-order chi connectivity index (χ0) is 21.5. The molecule has 159 valence electrons. The number of benzene rings is 2. The third-order valence-corrected chi connectivity index (χ3v) is 6.35. The number of aromatic amines is 1. The summed E-state index contributed by atoms with van der Waals surface area (Å²) in [4.78, 5) is 21.8. The summed E-state index contributed by atoms with van der Waals surface area (Å²) in [5, 5.41) is 1.01. The summed E-state index contributed by atoms with van der Waals surface area (Å²) in [6.45, 7) is 5.32. The van der Waals surface area contributed by atoms with Crippen molar-refractivity contribution in [2.24, 2.45) is 10.9 Å². The largest absolute Gasteiger partial charge is 0.360 e. The van der Waals surface area contributed by atoms with Crippen molar-refractivity contribution < 1.29 is 10.6 Å². The average Bonchev–Trinajstić information content (AvgIpc) is 3.52. The van der Waals surface area contributed by atoms with E-state index in [1.54, 1.807) is 6.92 Å². The summed E-state index contributed by atoms with van der Waals surface area (Å²) >= 11 is 0. The second kappa shape index (κ2) is 7.80. The van der Waals surface area contributed by atoms with Gasteiger partial charge in [0.25, 0.3) is 0 Å². The number of hydrogen-bond acceptors (Lipinski definition) is 2. The molecule has 2 heterocycles. The van der Waals surface area contributed by atoms with E-state index in [0.29, 0.717) is 5.92 Å². The Morgan fingerprint density at radius 2 is 1.97 bits per heavy atom. The number of fused-ring (bicyclic) bond motifs is 1. The van der Waals surface area contributed by atoms with Crippen molar-refractivity contribution in [1.82, 2.24) is 9.88 Å². The van der Waals surface area contributed by atoms with Crippen LogP contribution in [0.2, 0.25) is 0 Å². The van der Waals surface area contributed by atoms with Crippen molar-refractivity contribution in [2.45, 2.75) is 26.7 Å². The highest BCUT2D eigenvalue weighted by atomic mass is 19.1. The van der Waals surface area contributed by atoms with Gasteiger partial charge in [-0.2, -0.15) is 0 Å². The maximum absolute atomic E-state index is 13.5. The molecule has 31 heavy (non-hydrogen) atoms. The Morgan fingerprint density at radius 3 is 2.65 bits per heavy atom. The first kappa shape index (κ1) is 19.7.